The quantitative estimate of drug-likeness (QED) is 0.903. The van der Waals surface area contributed by atoms with Gasteiger partial charge in [-0.25, -0.2) is 0 Å². The smallest absolute Gasteiger partial charge is 0.262 e. The molecule has 5 heteroatoms. The van der Waals surface area contributed by atoms with Gasteiger partial charge in [0.1, 0.15) is 5.75 Å². The number of hydrogen-bond donors (Lipinski definition) is 2. The minimum absolute atomic E-state index is 0.0270. The Labute approximate surface area is 121 Å². The number of ether oxygens (including phenoxy) is 1. The number of anilines is 2. The second kappa shape index (κ2) is 5.66. The third kappa shape index (κ3) is 3.20. The predicted octanol–water partition coefficient (Wildman–Crippen LogP) is 2.20. The van der Waals surface area contributed by atoms with Crippen LogP contribution < -0.4 is 15.4 Å². The van der Waals surface area contributed by atoms with E-state index in [9.17, 15) is 9.59 Å². The predicted molar refractivity (Wildman–Crippen MR) is 79.3 cm³/mol. The molecule has 1 aliphatic heterocycles. The van der Waals surface area contributed by atoms with Gasteiger partial charge in [-0.15, -0.1) is 0 Å². The summed E-state index contributed by atoms with van der Waals surface area (Å²) in [6, 6.07) is 14.5. The lowest BCUT2D eigenvalue weighted by Crippen LogP contribution is -2.20. The fourth-order valence-corrected chi connectivity index (χ4v) is 2.17. The first kappa shape index (κ1) is 13.2. The number of carbonyl (C=O) groups is 2. The van der Waals surface area contributed by atoms with E-state index in [1.807, 2.05) is 18.2 Å². The maximum atomic E-state index is 11.8. The summed E-state index contributed by atoms with van der Waals surface area (Å²) in [6.07, 6.45) is 0.347. The van der Waals surface area contributed by atoms with Crippen LogP contribution in [0, 0.1) is 0 Å². The molecule has 0 atom stereocenters. The topological polar surface area (TPSA) is 67.4 Å². The first-order chi connectivity index (χ1) is 10.2. The van der Waals surface area contributed by atoms with E-state index in [1.165, 1.54) is 0 Å². The van der Waals surface area contributed by atoms with Crippen molar-refractivity contribution in [1.29, 1.82) is 0 Å². The van der Waals surface area contributed by atoms with Crippen LogP contribution in [0.1, 0.15) is 5.56 Å². The van der Waals surface area contributed by atoms with Gasteiger partial charge in [0.25, 0.3) is 5.91 Å². The van der Waals surface area contributed by atoms with E-state index < -0.39 is 0 Å². The number of rotatable bonds is 4. The number of benzene rings is 2. The number of carbonyl (C=O) groups excluding carboxylic acids is 2. The molecule has 0 aliphatic carbocycles. The Bertz CT molecular complexity index is 683. The highest BCUT2D eigenvalue weighted by atomic mass is 16.5. The van der Waals surface area contributed by atoms with E-state index in [4.69, 9.17) is 4.74 Å². The van der Waals surface area contributed by atoms with Gasteiger partial charge in [0.15, 0.2) is 6.61 Å². The number of amides is 2. The highest BCUT2D eigenvalue weighted by Gasteiger charge is 2.17. The summed E-state index contributed by atoms with van der Waals surface area (Å²) in [6.45, 7) is -0.0573. The van der Waals surface area contributed by atoms with E-state index in [2.05, 4.69) is 10.6 Å². The van der Waals surface area contributed by atoms with Gasteiger partial charge in [-0.2, -0.15) is 0 Å². The summed E-state index contributed by atoms with van der Waals surface area (Å²) in [5, 5.41) is 5.50. The van der Waals surface area contributed by atoms with Gasteiger partial charge in [0.2, 0.25) is 5.91 Å². The molecule has 0 saturated carbocycles. The van der Waals surface area contributed by atoms with Gasteiger partial charge in [-0.3, -0.25) is 9.59 Å². The summed E-state index contributed by atoms with van der Waals surface area (Å²) in [5.41, 5.74) is 2.35. The molecule has 2 aromatic rings. The van der Waals surface area contributed by atoms with E-state index in [1.54, 1.807) is 30.3 Å². The minimum atomic E-state index is -0.240. The van der Waals surface area contributed by atoms with Crippen molar-refractivity contribution in [1.82, 2.24) is 0 Å². The Balaban J connectivity index is 1.58. The summed E-state index contributed by atoms with van der Waals surface area (Å²) in [4.78, 5) is 23.1. The van der Waals surface area contributed by atoms with Crippen LogP contribution in [0.2, 0.25) is 0 Å². The molecule has 0 spiro atoms. The molecule has 2 aromatic carbocycles. The first-order valence-corrected chi connectivity index (χ1v) is 6.61. The minimum Gasteiger partial charge on any atom is -0.484 e. The van der Waals surface area contributed by atoms with E-state index >= 15 is 0 Å². The second-order valence-electron chi connectivity index (χ2n) is 4.75. The van der Waals surface area contributed by atoms with Crippen molar-refractivity contribution in [3.63, 3.8) is 0 Å². The third-order valence-electron chi connectivity index (χ3n) is 3.13. The summed E-state index contributed by atoms with van der Waals surface area (Å²) in [7, 11) is 0. The largest absolute Gasteiger partial charge is 0.484 e. The van der Waals surface area contributed by atoms with Gasteiger partial charge < -0.3 is 15.4 Å². The normalized spacial score (nSPS) is 12.5. The number of nitrogens with one attached hydrogen (secondary N) is 2. The molecule has 106 valence electrons. The monoisotopic (exact) mass is 282 g/mol. The second-order valence-corrected chi connectivity index (χ2v) is 4.75. The van der Waals surface area contributed by atoms with Crippen molar-refractivity contribution in [2.24, 2.45) is 0 Å². The SMILES string of the molecule is O=C(COc1ccccc1)Nc1ccc2c(c1)CC(=O)N2. The van der Waals surface area contributed by atoms with Crippen LogP contribution in [0.3, 0.4) is 0 Å². The fourth-order valence-electron chi connectivity index (χ4n) is 2.17. The van der Waals surface area contributed by atoms with Gasteiger partial charge in [-0.05, 0) is 35.9 Å². The molecule has 3 rings (SSSR count). The lowest BCUT2D eigenvalue weighted by molar-refractivity contribution is -0.118. The molecule has 0 saturated heterocycles. The fraction of sp³-hybridized carbons (Fsp3) is 0.125. The van der Waals surface area contributed by atoms with Crippen LogP contribution in [0.4, 0.5) is 11.4 Å². The Morgan fingerprint density at radius 1 is 1.19 bits per heavy atom. The first-order valence-electron chi connectivity index (χ1n) is 6.61. The Morgan fingerprint density at radius 3 is 2.81 bits per heavy atom. The molecule has 0 aromatic heterocycles. The Hall–Kier alpha value is -2.82. The molecular weight excluding hydrogens is 268 g/mol. The van der Waals surface area contributed by atoms with Crippen molar-refractivity contribution in [3.8, 4) is 5.75 Å². The van der Waals surface area contributed by atoms with Crippen molar-refractivity contribution < 1.29 is 14.3 Å². The maximum absolute atomic E-state index is 11.8. The van der Waals surface area contributed by atoms with Crippen LogP contribution in [0.25, 0.3) is 0 Å². The average molecular weight is 282 g/mol. The molecule has 2 N–H and O–H groups in total. The van der Waals surface area contributed by atoms with Crippen molar-refractivity contribution in [2.75, 3.05) is 17.2 Å². The van der Waals surface area contributed by atoms with E-state index in [0.29, 0.717) is 17.9 Å². The van der Waals surface area contributed by atoms with Crippen LogP contribution in [0.5, 0.6) is 5.75 Å². The molecule has 1 aliphatic rings. The van der Waals surface area contributed by atoms with Crippen molar-refractivity contribution in [3.05, 3.63) is 54.1 Å². The number of hydrogen-bond acceptors (Lipinski definition) is 3. The molecule has 0 bridgehead atoms. The Morgan fingerprint density at radius 2 is 2.00 bits per heavy atom. The molecule has 5 nitrogen and oxygen atoms in total. The highest BCUT2D eigenvalue weighted by molar-refractivity contribution is 6.00. The van der Waals surface area contributed by atoms with Crippen LogP contribution in [-0.4, -0.2) is 18.4 Å². The molecule has 0 radical (unpaired) electrons. The summed E-state index contributed by atoms with van der Waals surface area (Å²) in [5.74, 6) is 0.383. The van der Waals surface area contributed by atoms with E-state index in [0.717, 1.165) is 11.3 Å². The lowest BCUT2D eigenvalue weighted by atomic mass is 10.1. The zero-order valence-electron chi connectivity index (χ0n) is 11.3. The van der Waals surface area contributed by atoms with Crippen molar-refractivity contribution in [2.45, 2.75) is 6.42 Å². The third-order valence-corrected chi connectivity index (χ3v) is 3.13. The van der Waals surface area contributed by atoms with Crippen molar-refractivity contribution >= 4 is 23.2 Å². The maximum Gasteiger partial charge on any atom is 0.262 e. The molecular formula is C16H14N2O3. The highest BCUT2D eigenvalue weighted by Crippen LogP contribution is 2.25. The summed E-state index contributed by atoms with van der Waals surface area (Å²) >= 11 is 0. The number of para-hydroxylation sites is 1. The molecule has 21 heavy (non-hydrogen) atoms. The molecule has 1 heterocycles. The van der Waals surface area contributed by atoms with Gasteiger partial charge in [-0.1, -0.05) is 18.2 Å². The average Bonchev–Trinajstić information content (AvgIpc) is 2.85. The van der Waals surface area contributed by atoms with Crippen LogP contribution >= 0.6 is 0 Å². The van der Waals surface area contributed by atoms with Gasteiger partial charge in [0.05, 0.1) is 6.42 Å². The molecule has 2 amide bonds. The lowest BCUT2D eigenvalue weighted by Gasteiger charge is -2.08. The zero-order valence-corrected chi connectivity index (χ0v) is 11.3. The molecule has 0 fully saturated rings. The Kier molecular flexibility index (Phi) is 3.55. The zero-order chi connectivity index (χ0) is 14.7. The standard InChI is InChI=1S/C16H14N2O3/c19-15-9-11-8-12(6-7-14(11)18-15)17-16(20)10-21-13-4-2-1-3-5-13/h1-8H,9-10H2,(H,17,20)(H,18,19). The van der Waals surface area contributed by atoms with Gasteiger partial charge >= 0.3 is 0 Å². The van der Waals surface area contributed by atoms with Crippen LogP contribution in [0.15, 0.2) is 48.5 Å². The molecule has 0 unspecified atom stereocenters. The summed E-state index contributed by atoms with van der Waals surface area (Å²) < 4.78 is 5.37. The van der Waals surface area contributed by atoms with E-state index in [-0.39, 0.29) is 18.4 Å². The van der Waals surface area contributed by atoms with Gasteiger partial charge in [0, 0.05) is 11.4 Å². The number of fused-ring (bicyclic) bond motifs is 1. The van der Waals surface area contributed by atoms with Crippen LogP contribution in [-0.2, 0) is 16.0 Å².